The number of nitrogens with zero attached hydrogens (tertiary/aromatic N) is 1. The Balaban J connectivity index is 2.21. The van der Waals surface area contributed by atoms with Gasteiger partial charge in [-0.1, -0.05) is 0 Å². The summed E-state index contributed by atoms with van der Waals surface area (Å²) in [5.41, 5.74) is -1.34. The van der Waals surface area contributed by atoms with Gasteiger partial charge in [0.25, 0.3) is 5.69 Å². The van der Waals surface area contributed by atoms with Crippen molar-refractivity contribution in [3.05, 3.63) is 32.5 Å². The number of hydrogen-bond donors (Lipinski definition) is 2. The van der Waals surface area contributed by atoms with Crippen LogP contribution in [0.1, 0.15) is 13.3 Å². The van der Waals surface area contributed by atoms with Crippen molar-refractivity contribution in [1.82, 2.24) is 0 Å². The molecule has 110 valence electrons. The molecular weight excluding hydrogens is 335 g/mol. The molecule has 1 fully saturated rings. The first kappa shape index (κ1) is 15.1. The molecule has 6 nitrogen and oxygen atoms in total. The molecule has 1 aromatic rings. The maximum absolute atomic E-state index is 13.5. The third-order valence-electron chi connectivity index (χ3n) is 3.48. The van der Waals surface area contributed by atoms with Gasteiger partial charge in [0.05, 0.1) is 15.5 Å². The summed E-state index contributed by atoms with van der Waals surface area (Å²) in [6.07, 6.45) is 0.0443. The molecule has 0 amide bonds. The fraction of sp³-hybridized carbons (Fsp3) is 0.500. The van der Waals surface area contributed by atoms with Crippen molar-refractivity contribution >= 4 is 27.3 Å². The second kappa shape index (κ2) is 5.63. The summed E-state index contributed by atoms with van der Waals surface area (Å²) in [5.74, 6) is -0.610. The monoisotopic (exact) mass is 348 g/mol. The molecule has 2 N–H and O–H groups in total. The number of aliphatic hydroxyl groups is 1. The summed E-state index contributed by atoms with van der Waals surface area (Å²) in [7, 11) is 0. The van der Waals surface area contributed by atoms with Crippen LogP contribution in [0.4, 0.5) is 15.8 Å². The highest BCUT2D eigenvalue weighted by atomic mass is 79.9. The minimum atomic E-state index is -1.11. The van der Waals surface area contributed by atoms with Crippen molar-refractivity contribution in [2.24, 2.45) is 0 Å². The number of nitro benzene ring substituents is 1. The van der Waals surface area contributed by atoms with Gasteiger partial charge >= 0.3 is 0 Å². The van der Waals surface area contributed by atoms with Crippen LogP contribution in [0, 0.1) is 15.9 Å². The average molecular weight is 349 g/mol. The van der Waals surface area contributed by atoms with Crippen molar-refractivity contribution in [3.8, 4) is 0 Å². The SMILES string of the molecule is CC1OCCC1(O)CNc1cc(F)c(Br)cc1[N+](=O)[O-]. The molecule has 1 aromatic carbocycles. The molecule has 20 heavy (non-hydrogen) atoms. The first-order valence-corrected chi connectivity index (χ1v) is 6.84. The second-order valence-corrected chi connectivity index (χ2v) is 5.62. The Hall–Kier alpha value is -1.25. The van der Waals surface area contributed by atoms with Crippen LogP contribution in [0.5, 0.6) is 0 Å². The minimum absolute atomic E-state index is 0.0195. The number of benzene rings is 1. The van der Waals surface area contributed by atoms with E-state index in [0.29, 0.717) is 13.0 Å². The lowest BCUT2D eigenvalue weighted by Gasteiger charge is -2.26. The van der Waals surface area contributed by atoms with E-state index in [-0.39, 0.29) is 28.5 Å². The van der Waals surface area contributed by atoms with Gasteiger partial charge < -0.3 is 15.2 Å². The summed E-state index contributed by atoms with van der Waals surface area (Å²) in [4.78, 5) is 10.4. The van der Waals surface area contributed by atoms with Gasteiger partial charge in [-0.25, -0.2) is 4.39 Å². The normalized spacial score (nSPS) is 25.7. The fourth-order valence-corrected chi connectivity index (χ4v) is 2.41. The maximum Gasteiger partial charge on any atom is 0.293 e. The van der Waals surface area contributed by atoms with Crippen LogP contribution in [-0.2, 0) is 4.74 Å². The third kappa shape index (κ3) is 2.92. The highest BCUT2D eigenvalue weighted by Gasteiger charge is 2.39. The lowest BCUT2D eigenvalue weighted by Crippen LogP contribution is -2.43. The molecule has 0 aromatic heterocycles. The number of ether oxygens (including phenoxy) is 1. The van der Waals surface area contributed by atoms with Gasteiger partial charge in [0.1, 0.15) is 17.1 Å². The Morgan fingerprint density at radius 2 is 2.40 bits per heavy atom. The molecule has 1 saturated heterocycles. The van der Waals surface area contributed by atoms with Gasteiger partial charge in [-0.2, -0.15) is 0 Å². The third-order valence-corrected chi connectivity index (χ3v) is 4.09. The first-order chi connectivity index (χ1) is 9.33. The highest BCUT2D eigenvalue weighted by molar-refractivity contribution is 9.10. The Bertz CT molecular complexity index is 542. The van der Waals surface area contributed by atoms with E-state index in [9.17, 15) is 19.6 Å². The van der Waals surface area contributed by atoms with Crippen LogP contribution >= 0.6 is 15.9 Å². The van der Waals surface area contributed by atoms with Gasteiger partial charge in [0, 0.05) is 31.7 Å². The zero-order valence-corrected chi connectivity index (χ0v) is 12.3. The van der Waals surface area contributed by atoms with Gasteiger partial charge in [-0.05, 0) is 22.9 Å². The molecule has 0 saturated carbocycles. The quantitative estimate of drug-likeness (QED) is 0.644. The first-order valence-electron chi connectivity index (χ1n) is 6.05. The molecular formula is C12H14BrFN2O4. The molecule has 1 aliphatic heterocycles. The van der Waals surface area contributed by atoms with Crippen molar-refractivity contribution in [2.45, 2.75) is 25.0 Å². The van der Waals surface area contributed by atoms with E-state index in [1.807, 2.05) is 0 Å². The molecule has 0 spiro atoms. The van der Waals surface area contributed by atoms with Crippen LogP contribution in [-0.4, -0.2) is 34.9 Å². The largest absolute Gasteiger partial charge is 0.385 e. The lowest BCUT2D eigenvalue weighted by atomic mass is 9.96. The zero-order valence-electron chi connectivity index (χ0n) is 10.7. The van der Waals surface area contributed by atoms with Crippen LogP contribution in [0.25, 0.3) is 0 Å². The van der Waals surface area contributed by atoms with Crippen molar-refractivity contribution in [1.29, 1.82) is 0 Å². The van der Waals surface area contributed by atoms with E-state index >= 15 is 0 Å². The van der Waals surface area contributed by atoms with Gasteiger partial charge in [-0.15, -0.1) is 0 Å². The van der Waals surface area contributed by atoms with E-state index in [1.54, 1.807) is 6.92 Å². The Morgan fingerprint density at radius 1 is 1.70 bits per heavy atom. The Labute approximate surface area is 123 Å². The molecule has 2 unspecified atom stereocenters. The van der Waals surface area contributed by atoms with Crippen molar-refractivity contribution in [2.75, 3.05) is 18.5 Å². The van der Waals surface area contributed by atoms with E-state index < -0.39 is 16.3 Å². The predicted molar refractivity (Wildman–Crippen MR) is 74.2 cm³/mol. The molecule has 1 heterocycles. The van der Waals surface area contributed by atoms with Gasteiger partial charge in [0.2, 0.25) is 0 Å². The second-order valence-electron chi connectivity index (χ2n) is 4.76. The molecule has 8 heteroatoms. The van der Waals surface area contributed by atoms with Crippen molar-refractivity contribution < 1.29 is 19.2 Å². The van der Waals surface area contributed by atoms with E-state index in [4.69, 9.17) is 4.74 Å². The number of halogens is 2. The average Bonchev–Trinajstić information content (AvgIpc) is 2.71. The summed E-state index contributed by atoms with van der Waals surface area (Å²) < 4.78 is 18.8. The summed E-state index contributed by atoms with van der Waals surface area (Å²) in [5, 5.41) is 24.0. The maximum atomic E-state index is 13.5. The highest BCUT2D eigenvalue weighted by Crippen LogP contribution is 2.32. The van der Waals surface area contributed by atoms with Crippen LogP contribution in [0.15, 0.2) is 16.6 Å². The summed E-state index contributed by atoms with van der Waals surface area (Å²) in [6, 6.07) is 2.13. The Morgan fingerprint density at radius 3 is 2.95 bits per heavy atom. The van der Waals surface area contributed by atoms with Crippen molar-refractivity contribution in [3.63, 3.8) is 0 Å². The predicted octanol–water partition coefficient (Wildman–Crippen LogP) is 2.45. The number of hydrogen-bond acceptors (Lipinski definition) is 5. The standard InChI is InChI=1S/C12H14BrFN2O4/c1-7-12(17,2-3-20-7)6-15-10-5-9(14)8(13)4-11(10)16(18)19/h4-5,7,15,17H,2-3,6H2,1H3. The number of rotatable bonds is 4. The van der Waals surface area contributed by atoms with E-state index in [2.05, 4.69) is 21.2 Å². The fourth-order valence-electron chi connectivity index (χ4n) is 2.08. The number of nitrogens with one attached hydrogen (secondary N) is 1. The molecule has 2 rings (SSSR count). The smallest absolute Gasteiger partial charge is 0.293 e. The molecule has 0 aliphatic carbocycles. The number of anilines is 1. The topological polar surface area (TPSA) is 84.6 Å². The molecule has 2 atom stereocenters. The number of nitro groups is 1. The van der Waals surface area contributed by atoms with Crippen LogP contribution in [0.2, 0.25) is 0 Å². The molecule has 0 bridgehead atoms. The van der Waals surface area contributed by atoms with E-state index in [1.165, 1.54) is 0 Å². The lowest BCUT2D eigenvalue weighted by molar-refractivity contribution is -0.384. The molecule has 0 radical (unpaired) electrons. The summed E-state index contributed by atoms with van der Waals surface area (Å²) >= 11 is 2.91. The summed E-state index contributed by atoms with van der Waals surface area (Å²) in [6.45, 7) is 2.21. The van der Waals surface area contributed by atoms with Crippen LogP contribution < -0.4 is 5.32 Å². The van der Waals surface area contributed by atoms with Gasteiger partial charge in [-0.3, -0.25) is 10.1 Å². The Kier molecular flexibility index (Phi) is 4.26. The van der Waals surface area contributed by atoms with E-state index in [0.717, 1.165) is 12.1 Å². The van der Waals surface area contributed by atoms with Crippen LogP contribution in [0.3, 0.4) is 0 Å². The molecule has 1 aliphatic rings. The minimum Gasteiger partial charge on any atom is -0.385 e. The van der Waals surface area contributed by atoms with Gasteiger partial charge in [0.15, 0.2) is 0 Å². The zero-order chi connectivity index (χ0) is 14.9.